The molecule has 0 spiro atoms. The van der Waals surface area contributed by atoms with Crippen LogP contribution in [0.3, 0.4) is 0 Å². The number of hydrogen-bond acceptors (Lipinski definition) is 6. The molecule has 3 aliphatic rings. The maximum atomic E-state index is 12.1. The summed E-state index contributed by atoms with van der Waals surface area (Å²) in [6.45, 7) is 0. The monoisotopic (exact) mass is 360 g/mol. The van der Waals surface area contributed by atoms with Crippen LogP contribution in [0.2, 0.25) is 0 Å². The Hall–Kier alpha value is -1.80. The Bertz CT molecular complexity index is 775. The third-order valence-electron chi connectivity index (χ3n) is 4.12. The summed E-state index contributed by atoms with van der Waals surface area (Å²) in [5, 5.41) is 15.4. The lowest BCUT2D eigenvalue weighted by Crippen LogP contribution is -2.35. The molecule has 0 bridgehead atoms. The van der Waals surface area contributed by atoms with Gasteiger partial charge in [0.2, 0.25) is 0 Å². The molecule has 2 aliphatic heterocycles. The zero-order valence-electron chi connectivity index (χ0n) is 12.9. The molecule has 1 aliphatic carbocycles. The van der Waals surface area contributed by atoms with E-state index in [0.717, 1.165) is 5.09 Å². The van der Waals surface area contributed by atoms with Crippen LogP contribution in [0.4, 0.5) is 0 Å². The lowest BCUT2D eigenvalue weighted by Gasteiger charge is -2.20. The summed E-state index contributed by atoms with van der Waals surface area (Å²) >= 11 is 3.00. The molecule has 4 rings (SSSR count). The van der Waals surface area contributed by atoms with Crippen molar-refractivity contribution >= 4 is 52.1 Å². The topological polar surface area (TPSA) is 82.0 Å². The van der Waals surface area contributed by atoms with E-state index in [1.54, 1.807) is 23.4 Å². The molecule has 6 nitrogen and oxygen atoms in total. The Kier molecular flexibility index (Phi) is 4.32. The Morgan fingerprint density at radius 1 is 1.33 bits per heavy atom. The second-order valence-electron chi connectivity index (χ2n) is 5.79. The largest absolute Gasteiger partial charge is 0.450 e. The van der Waals surface area contributed by atoms with Crippen molar-refractivity contribution in [1.29, 1.82) is 5.41 Å². The van der Waals surface area contributed by atoms with Crippen molar-refractivity contribution in [3.8, 4) is 0 Å². The predicted octanol–water partition coefficient (Wildman–Crippen LogP) is 3.95. The van der Waals surface area contributed by atoms with Crippen molar-refractivity contribution in [3.05, 3.63) is 23.5 Å². The summed E-state index contributed by atoms with van der Waals surface area (Å²) in [7, 11) is 0. The number of amidine groups is 2. The molecular weight excluding hydrogens is 344 g/mol. The number of carbonyl (C=O) groups is 1. The Morgan fingerprint density at radius 2 is 2.17 bits per heavy atom. The van der Waals surface area contributed by atoms with Gasteiger partial charge in [-0.2, -0.15) is 15.1 Å². The van der Waals surface area contributed by atoms with E-state index < -0.39 is 5.91 Å². The molecule has 0 unspecified atom stereocenters. The third kappa shape index (κ3) is 3.08. The van der Waals surface area contributed by atoms with Crippen LogP contribution in [0.5, 0.6) is 0 Å². The molecule has 1 saturated carbocycles. The van der Waals surface area contributed by atoms with Gasteiger partial charge in [-0.15, -0.1) is 0 Å². The van der Waals surface area contributed by atoms with Crippen molar-refractivity contribution in [2.24, 2.45) is 10.1 Å². The quantitative estimate of drug-likeness (QED) is 0.825. The normalized spacial score (nSPS) is 23.1. The molecular formula is C16H16N4O2S2. The average molecular weight is 360 g/mol. The van der Waals surface area contributed by atoms with E-state index in [0.29, 0.717) is 16.2 Å². The number of thioether (sulfide) groups is 2. The highest BCUT2D eigenvalue weighted by Crippen LogP contribution is 2.35. The first-order valence-corrected chi connectivity index (χ1v) is 9.66. The number of aliphatic imine (C=N–C) groups is 1. The van der Waals surface area contributed by atoms with Crippen molar-refractivity contribution in [3.63, 3.8) is 0 Å². The van der Waals surface area contributed by atoms with Crippen molar-refractivity contribution in [2.75, 3.05) is 0 Å². The average Bonchev–Trinajstić information content (AvgIpc) is 3.22. The standard InChI is InChI=1S/C16H16N4O2S2/c17-14-12(15(21)19-16-20(14)18-9-23-16)8-10-6-7-13(22-10)24-11-4-2-1-3-5-11/h6-9,11,17H,1-5H2/b12-8+,17-14?. The zero-order chi connectivity index (χ0) is 16.5. The molecule has 0 aromatic carbocycles. The Balaban J connectivity index is 1.52. The van der Waals surface area contributed by atoms with Gasteiger partial charge in [0, 0.05) is 5.25 Å². The summed E-state index contributed by atoms with van der Waals surface area (Å²) in [6.07, 6.45) is 7.94. The van der Waals surface area contributed by atoms with Crippen molar-refractivity contribution < 1.29 is 9.21 Å². The van der Waals surface area contributed by atoms with E-state index in [1.165, 1.54) is 48.9 Å². The molecule has 24 heavy (non-hydrogen) atoms. The smallest absolute Gasteiger partial charge is 0.283 e. The minimum absolute atomic E-state index is 0.0316. The molecule has 3 heterocycles. The number of nitrogens with zero attached hydrogens (tertiary/aromatic N) is 3. The molecule has 8 heteroatoms. The maximum absolute atomic E-state index is 12.1. The van der Waals surface area contributed by atoms with Crippen LogP contribution < -0.4 is 0 Å². The number of nitrogens with one attached hydrogen (secondary N) is 1. The second-order valence-corrected chi connectivity index (χ2v) is 7.91. The fourth-order valence-corrected chi connectivity index (χ4v) is 4.70. The number of hydrazone groups is 1. The lowest BCUT2D eigenvalue weighted by molar-refractivity contribution is -0.114. The van der Waals surface area contributed by atoms with E-state index in [1.807, 2.05) is 12.1 Å². The Morgan fingerprint density at radius 3 is 3.00 bits per heavy atom. The number of fused-ring (bicyclic) bond motifs is 1. The van der Waals surface area contributed by atoms with Gasteiger partial charge in [-0.05, 0) is 42.8 Å². The van der Waals surface area contributed by atoms with E-state index in [4.69, 9.17) is 9.83 Å². The summed E-state index contributed by atoms with van der Waals surface area (Å²) in [4.78, 5) is 16.1. The van der Waals surface area contributed by atoms with Crippen LogP contribution in [0.25, 0.3) is 6.08 Å². The Labute approximate surface area is 148 Å². The van der Waals surface area contributed by atoms with Gasteiger partial charge in [-0.3, -0.25) is 10.2 Å². The number of rotatable bonds is 3. The highest BCUT2D eigenvalue weighted by atomic mass is 32.2. The number of hydrogen-bond donors (Lipinski definition) is 1. The second kappa shape index (κ2) is 6.60. The van der Waals surface area contributed by atoms with Crippen LogP contribution in [-0.4, -0.2) is 32.7 Å². The summed E-state index contributed by atoms with van der Waals surface area (Å²) in [5.74, 6) is 0.169. The van der Waals surface area contributed by atoms with Gasteiger partial charge in [-0.25, -0.2) is 0 Å². The van der Waals surface area contributed by atoms with Crippen LogP contribution >= 0.6 is 23.5 Å². The first-order chi connectivity index (χ1) is 11.7. The molecule has 0 atom stereocenters. The molecule has 0 radical (unpaired) electrons. The minimum atomic E-state index is -0.429. The van der Waals surface area contributed by atoms with E-state index in [2.05, 4.69) is 10.1 Å². The van der Waals surface area contributed by atoms with Crippen LogP contribution in [0.15, 0.2) is 37.3 Å². The van der Waals surface area contributed by atoms with Crippen molar-refractivity contribution in [2.45, 2.75) is 42.4 Å². The fraction of sp³-hybridized carbons (Fsp3) is 0.375. The summed E-state index contributed by atoms with van der Waals surface area (Å²) in [5.41, 5.74) is 1.76. The van der Waals surface area contributed by atoms with Crippen molar-refractivity contribution in [1.82, 2.24) is 5.01 Å². The van der Waals surface area contributed by atoms with Gasteiger partial charge in [0.25, 0.3) is 5.91 Å². The van der Waals surface area contributed by atoms with Crippen LogP contribution in [0, 0.1) is 5.41 Å². The molecule has 1 fully saturated rings. The van der Waals surface area contributed by atoms with Crippen LogP contribution in [-0.2, 0) is 4.79 Å². The first kappa shape index (κ1) is 15.7. The molecule has 1 aromatic rings. The number of furan rings is 1. The van der Waals surface area contributed by atoms with Gasteiger partial charge in [0.15, 0.2) is 16.1 Å². The zero-order valence-corrected chi connectivity index (χ0v) is 14.5. The summed E-state index contributed by atoms with van der Waals surface area (Å²) < 4.78 is 5.82. The predicted molar refractivity (Wildman–Crippen MR) is 97.5 cm³/mol. The van der Waals surface area contributed by atoms with E-state index in [9.17, 15) is 4.79 Å². The van der Waals surface area contributed by atoms with Gasteiger partial charge < -0.3 is 4.42 Å². The maximum Gasteiger partial charge on any atom is 0.283 e. The van der Waals surface area contributed by atoms with E-state index in [-0.39, 0.29) is 11.4 Å². The molecule has 124 valence electrons. The van der Waals surface area contributed by atoms with Gasteiger partial charge in [-0.1, -0.05) is 31.0 Å². The molecule has 1 N–H and O–H groups in total. The SMILES string of the molecule is N=C1/C(=C\c2ccc(SC3CCCCC3)o2)C(=O)N=C2SC=NN12. The third-order valence-corrected chi connectivity index (χ3v) is 6.05. The van der Waals surface area contributed by atoms with Gasteiger partial charge >= 0.3 is 0 Å². The van der Waals surface area contributed by atoms with E-state index >= 15 is 0 Å². The number of carbonyl (C=O) groups excluding carboxylic acids is 1. The lowest BCUT2D eigenvalue weighted by atomic mass is 10.0. The molecule has 0 saturated heterocycles. The minimum Gasteiger partial charge on any atom is -0.450 e. The summed E-state index contributed by atoms with van der Waals surface area (Å²) in [6, 6.07) is 3.76. The van der Waals surface area contributed by atoms with Gasteiger partial charge in [0.1, 0.15) is 5.76 Å². The highest BCUT2D eigenvalue weighted by molar-refractivity contribution is 8.25. The van der Waals surface area contributed by atoms with Crippen LogP contribution in [0.1, 0.15) is 37.9 Å². The number of amides is 1. The molecule has 1 amide bonds. The first-order valence-electron chi connectivity index (χ1n) is 7.90. The molecule has 1 aromatic heterocycles. The highest BCUT2D eigenvalue weighted by Gasteiger charge is 2.32. The van der Waals surface area contributed by atoms with Gasteiger partial charge in [0.05, 0.1) is 11.1 Å². The fourth-order valence-electron chi connectivity index (χ4n) is 2.90.